The number of carbonyl (C=O) groups excluding carboxylic acids is 1. The molecule has 1 atom stereocenters. The number of esters is 1. The van der Waals surface area contributed by atoms with Crippen LogP contribution in [0.5, 0.6) is 0 Å². The van der Waals surface area contributed by atoms with Gasteiger partial charge in [-0.05, 0) is 31.9 Å². The van der Waals surface area contributed by atoms with Crippen LogP contribution in [-0.2, 0) is 9.53 Å². The van der Waals surface area contributed by atoms with Crippen molar-refractivity contribution in [1.82, 2.24) is 0 Å². The van der Waals surface area contributed by atoms with Crippen LogP contribution in [0.1, 0.15) is 33.1 Å². The van der Waals surface area contributed by atoms with Gasteiger partial charge in [0.2, 0.25) is 0 Å². The van der Waals surface area contributed by atoms with Gasteiger partial charge in [0.05, 0.1) is 6.10 Å². The molecule has 1 unspecified atom stereocenters. The number of nitrogens with one attached hydrogen (secondary N) is 1. The number of hydrogen-bond acceptors (Lipinski definition) is 3. The van der Waals surface area contributed by atoms with Crippen molar-refractivity contribution in [3.8, 4) is 0 Å². The van der Waals surface area contributed by atoms with Gasteiger partial charge in [0.25, 0.3) is 0 Å². The molecule has 0 saturated heterocycles. The van der Waals surface area contributed by atoms with Crippen molar-refractivity contribution >= 4 is 11.7 Å². The third kappa shape index (κ3) is 5.95. The summed E-state index contributed by atoms with van der Waals surface area (Å²) in [5.41, 5.74) is 1.09. The fraction of sp³-hybridized carbons (Fsp3) is 0.500. The first-order chi connectivity index (χ1) is 8.22. The summed E-state index contributed by atoms with van der Waals surface area (Å²) in [5.74, 6) is -0.103. The van der Waals surface area contributed by atoms with E-state index in [9.17, 15) is 4.79 Å². The smallest absolute Gasteiger partial charge is 0.306 e. The van der Waals surface area contributed by atoms with Crippen LogP contribution in [0.25, 0.3) is 0 Å². The second-order valence-corrected chi connectivity index (χ2v) is 4.11. The first-order valence-corrected chi connectivity index (χ1v) is 6.20. The third-order valence-electron chi connectivity index (χ3n) is 2.57. The van der Waals surface area contributed by atoms with Gasteiger partial charge in [-0.1, -0.05) is 25.1 Å². The lowest BCUT2D eigenvalue weighted by atomic mass is 10.2. The fourth-order valence-corrected chi connectivity index (χ4v) is 1.39. The highest BCUT2D eigenvalue weighted by Gasteiger charge is 2.06. The monoisotopic (exact) mass is 235 g/mol. The SMILES string of the molecule is CCC(C)OC(=O)CCCNc1ccccc1. The van der Waals surface area contributed by atoms with Crippen LogP contribution in [0, 0.1) is 0 Å². The Kier molecular flexibility index (Phi) is 6.15. The van der Waals surface area contributed by atoms with Crippen molar-refractivity contribution in [3.63, 3.8) is 0 Å². The highest BCUT2D eigenvalue weighted by Crippen LogP contribution is 2.06. The van der Waals surface area contributed by atoms with Gasteiger partial charge in [-0.3, -0.25) is 4.79 Å². The quantitative estimate of drug-likeness (QED) is 0.582. The fourth-order valence-electron chi connectivity index (χ4n) is 1.39. The van der Waals surface area contributed by atoms with Gasteiger partial charge >= 0.3 is 5.97 Å². The van der Waals surface area contributed by atoms with Crippen molar-refractivity contribution in [2.24, 2.45) is 0 Å². The maximum atomic E-state index is 11.4. The summed E-state index contributed by atoms with van der Waals surface area (Å²) in [7, 11) is 0. The molecule has 1 aromatic rings. The Hall–Kier alpha value is -1.51. The average molecular weight is 235 g/mol. The van der Waals surface area contributed by atoms with E-state index >= 15 is 0 Å². The van der Waals surface area contributed by atoms with E-state index in [0.29, 0.717) is 6.42 Å². The number of hydrogen-bond donors (Lipinski definition) is 1. The van der Waals surface area contributed by atoms with Gasteiger partial charge in [-0.2, -0.15) is 0 Å². The second-order valence-electron chi connectivity index (χ2n) is 4.11. The van der Waals surface area contributed by atoms with E-state index in [1.807, 2.05) is 44.2 Å². The van der Waals surface area contributed by atoms with E-state index in [0.717, 1.165) is 25.1 Å². The molecule has 0 aliphatic rings. The van der Waals surface area contributed by atoms with Crippen molar-refractivity contribution < 1.29 is 9.53 Å². The van der Waals surface area contributed by atoms with Gasteiger partial charge in [0, 0.05) is 18.7 Å². The van der Waals surface area contributed by atoms with Crippen LogP contribution in [0.15, 0.2) is 30.3 Å². The molecule has 3 heteroatoms. The lowest BCUT2D eigenvalue weighted by Gasteiger charge is -2.11. The summed E-state index contributed by atoms with van der Waals surface area (Å²) >= 11 is 0. The number of carbonyl (C=O) groups is 1. The highest BCUT2D eigenvalue weighted by molar-refractivity contribution is 5.69. The number of benzene rings is 1. The second kappa shape index (κ2) is 7.71. The van der Waals surface area contributed by atoms with Crippen LogP contribution < -0.4 is 5.32 Å². The zero-order valence-electron chi connectivity index (χ0n) is 10.6. The Morgan fingerprint density at radius 1 is 1.35 bits per heavy atom. The van der Waals surface area contributed by atoms with E-state index < -0.39 is 0 Å². The van der Waals surface area contributed by atoms with E-state index in [-0.39, 0.29) is 12.1 Å². The first kappa shape index (κ1) is 13.6. The Balaban J connectivity index is 2.10. The number of anilines is 1. The van der Waals surface area contributed by atoms with Crippen LogP contribution in [-0.4, -0.2) is 18.6 Å². The molecule has 0 aliphatic carbocycles. The first-order valence-electron chi connectivity index (χ1n) is 6.20. The molecule has 94 valence electrons. The number of rotatable bonds is 7. The zero-order chi connectivity index (χ0) is 12.5. The van der Waals surface area contributed by atoms with E-state index in [1.165, 1.54) is 0 Å². The van der Waals surface area contributed by atoms with Crippen molar-refractivity contribution in [1.29, 1.82) is 0 Å². The summed E-state index contributed by atoms with van der Waals surface area (Å²) in [6.07, 6.45) is 2.17. The highest BCUT2D eigenvalue weighted by atomic mass is 16.5. The Labute approximate surface area is 103 Å². The minimum Gasteiger partial charge on any atom is -0.463 e. The van der Waals surface area contributed by atoms with Crippen LogP contribution >= 0.6 is 0 Å². The average Bonchev–Trinajstić information content (AvgIpc) is 2.36. The molecular weight excluding hydrogens is 214 g/mol. The molecule has 0 radical (unpaired) electrons. The van der Waals surface area contributed by atoms with Crippen molar-refractivity contribution in [3.05, 3.63) is 30.3 Å². The molecular formula is C14H21NO2. The minimum absolute atomic E-state index is 0.0320. The summed E-state index contributed by atoms with van der Waals surface area (Å²) in [6.45, 7) is 4.72. The maximum absolute atomic E-state index is 11.4. The number of para-hydroxylation sites is 1. The summed E-state index contributed by atoms with van der Waals surface area (Å²) in [5, 5.41) is 3.26. The predicted molar refractivity (Wildman–Crippen MR) is 70.0 cm³/mol. The molecule has 0 amide bonds. The molecule has 0 aliphatic heterocycles. The van der Waals surface area contributed by atoms with Crippen molar-refractivity contribution in [2.45, 2.75) is 39.2 Å². The molecule has 0 heterocycles. The Bertz CT molecular complexity index is 324. The van der Waals surface area contributed by atoms with Crippen LogP contribution in [0.2, 0.25) is 0 Å². The van der Waals surface area contributed by atoms with Crippen LogP contribution in [0.4, 0.5) is 5.69 Å². The lowest BCUT2D eigenvalue weighted by molar-refractivity contribution is -0.148. The lowest BCUT2D eigenvalue weighted by Crippen LogP contribution is -2.14. The Morgan fingerprint density at radius 2 is 2.06 bits per heavy atom. The molecule has 1 N–H and O–H groups in total. The van der Waals surface area contributed by atoms with Gasteiger partial charge in [0.1, 0.15) is 0 Å². The van der Waals surface area contributed by atoms with E-state index in [4.69, 9.17) is 4.74 Å². The van der Waals surface area contributed by atoms with Gasteiger partial charge in [0.15, 0.2) is 0 Å². The maximum Gasteiger partial charge on any atom is 0.306 e. The molecule has 1 rings (SSSR count). The molecule has 0 bridgehead atoms. The standard InChI is InChI=1S/C14H21NO2/c1-3-12(2)17-14(16)10-7-11-15-13-8-5-4-6-9-13/h4-6,8-9,12,15H,3,7,10-11H2,1-2H3. The van der Waals surface area contributed by atoms with Gasteiger partial charge in [-0.25, -0.2) is 0 Å². The van der Waals surface area contributed by atoms with Gasteiger partial charge < -0.3 is 10.1 Å². The van der Waals surface area contributed by atoms with Gasteiger partial charge in [-0.15, -0.1) is 0 Å². The molecule has 3 nitrogen and oxygen atoms in total. The van der Waals surface area contributed by atoms with E-state index in [2.05, 4.69) is 5.32 Å². The topological polar surface area (TPSA) is 38.3 Å². The summed E-state index contributed by atoms with van der Waals surface area (Å²) in [6, 6.07) is 9.97. The van der Waals surface area contributed by atoms with Crippen molar-refractivity contribution in [2.75, 3.05) is 11.9 Å². The van der Waals surface area contributed by atoms with E-state index in [1.54, 1.807) is 0 Å². The largest absolute Gasteiger partial charge is 0.463 e. The molecule has 0 saturated carbocycles. The summed E-state index contributed by atoms with van der Waals surface area (Å²) in [4.78, 5) is 11.4. The minimum atomic E-state index is -0.103. The molecule has 0 aromatic heterocycles. The molecule has 1 aromatic carbocycles. The predicted octanol–water partition coefficient (Wildman–Crippen LogP) is 3.22. The molecule has 0 spiro atoms. The van der Waals surface area contributed by atoms with Crippen LogP contribution in [0.3, 0.4) is 0 Å². The number of ether oxygens (including phenoxy) is 1. The summed E-state index contributed by atoms with van der Waals surface area (Å²) < 4.78 is 5.19. The third-order valence-corrected chi connectivity index (χ3v) is 2.57. The zero-order valence-corrected chi connectivity index (χ0v) is 10.6. The molecule has 0 fully saturated rings. The normalized spacial score (nSPS) is 11.9. The Morgan fingerprint density at radius 3 is 2.71 bits per heavy atom. The molecule has 17 heavy (non-hydrogen) atoms.